The maximum absolute atomic E-state index is 5.63. The van der Waals surface area contributed by atoms with E-state index in [2.05, 4.69) is 35.7 Å². The average molecular weight is 235 g/mol. The number of anilines is 1. The molecule has 0 amide bonds. The zero-order chi connectivity index (χ0) is 12.5. The van der Waals surface area contributed by atoms with Gasteiger partial charge in [0.05, 0.1) is 12.2 Å². The van der Waals surface area contributed by atoms with Crippen molar-refractivity contribution in [3.63, 3.8) is 0 Å². The highest BCUT2D eigenvalue weighted by molar-refractivity contribution is 5.48. The summed E-state index contributed by atoms with van der Waals surface area (Å²) in [5.74, 6) is 1.57. The van der Waals surface area contributed by atoms with Crippen LogP contribution in [0.1, 0.15) is 32.3 Å². The van der Waals surface area contributed by atoms with E-state index in [4.69, 9.17) is 4.74 Å². The molecule has 0 fully saturated rings. The van der Waals surface area contributed by atoms with Crippen molar-refractivity contribution in [2.45, 2.75) is 33.1 Å². The minimum absolute atomic E-state index is 0.612. The number of nitrogens with zero attached hydrogens (tertiary/aromatic N) is 2. The van der Waals surface area contributed by atoms with Crippen LogP contribution in [0.3, 0.4) is 0 Å². The third-order valence-electron chi connectivity index (χ3n) is 2.36. The molecule has 17 heavy (non-hydrogen) atoms. The van der Waals surface area contributed by atoms with Crippen LogP contribution >= 0.6 is 0 Å². The number of hydrogen-bond donors (Lipinski definition) is 1. The fraction of sp³-hybridized carbons (Fsp3) is 0.538. The quantitative estimate of drug-likeness (QED) is 0.556. The molecule has 1 aromatic heterocycles. The molecule has 1 heterocycles. The summed E-state index contributed by atoms with van der Waals surface area (Å²) in [4.78, 5) is 8.44. The van der Waals surface area contributed by atoms with E-state index in [-0.39, 0.29) is 0 Å². The Kier molecular flexibility index (Phi) is 6.07. The van der Waals surface area contributed by atoms with E-state index in [1.807, 2.05) is 6.08 Å². The Balaban J connectivity index is 2.77. The molecule has 94 valence electrons. The molecule has 0 saturated carbocycles. The van der Waals surface area contributed by atoms with Crippen molar-refractivity contribution in [3.8, 4) is 5.88 Å². The van der Waals surface area contributed by atoms with Gasteiger partial charge in [-0.05, 0) is 19.3 Å². The van der Waals surface area contributed by atoms with Crippen LogP contribution < -0.4 is 10.1 Å². The first-order chi connectivity index (χ1) is 8.33. The van der Waals surface area contributed by atoms with Gasteiger partial charge in [0.2, 0.25) is 5.88 Å². The largest absolute Gasteiger partial charge is 0.477 e. The molecular formula is C13H21N3O. The van der Waals surface area contributed by atoms with Crippen molar-refractivity contribution in [1.82, 2.24) is 9.97 Å². The molecule has 4 heteroatoms. The van der Waals surface area contributed by atoms with Crippen LogP contribution in [0.2, 0.25) is 0 Å². The van der Waals surface area contributed by atoms with Crippen LogP contribution in [0, 0.1) is 0 Å². The normalized spacial score (nSPS) is 10.0. The molecular weight excluding hydrogens is 214 g/mol. The number of nitrogens with one attached hydrogen (secondary N) is 1. The van der Waals surface area contributed by atoms with Crippen molar-refractivity contribution in [1.29, 1.82) is 0 Å². The van der Waals surface area contributed by atoms with E-state index < -0.39 is 0 Å². The maximum Gasteiger partial charge on any atom is 0.221 e. The van der Waals surface area contributed by atoms with E-state index in [1.54, 1.807) is 6.33 Å². The zero-order valence-electron chi connectivity index (χ0n) is 10.7. The third kappa shape index (κ3) is 4.06. The maximum atomic E-state index is 5.63. The summed E-state index contributed by atoms with van der Waals surface area (Å²) in [5, 5.41) is 3.29. The van der Waals surface area contributed by atoms with Gasteiger partial charge in [-0.1, -0.05) is 19.9 Å². The molecule has 0 aliphatic carbocycles. The first-order valence-corrected chi connectivity index (χ1v) is 6.14. The molecule has 0 unspecified atom stereocenters. The molecule has 0 aliphatic rings. The molecule has 0 spiro atoms. The monoisotopic (exact) mass is 235 g/mol. The lowest BCUT2D eigenvalue weighted by molar-refractivity contribution is 0.308. The smallest absolute Gasteiger partial charge is 0.221 e. The van der Waals surface area contributed by atoms with Crippen molar-refractivity contribution < 1.29 is 4.74 Å². The highest BCUT2D eigenvalue weighted by Crippen LogP contribution is 2.22. The molecule has 0 bridgehead atoms. The van der Waals surface area contributed by atoms with Crippen molar-refractivity contribution in [2.75, 3.05) is 18.5 Å². The number of hydrogen-bond acceptors (Lipinski definition) is 4. The lowest BCUT2D eigenvalue weighted by Crippen LogP contribution is -2.09. The van der Waals surface area contributed by atoms with Crippen LogP contribution in [0.25, 0.3) is 0 Å². The minimum Gasteiger partial charge on any atom is -0.477 e. The average Bonchev–Trinajstić information content (AvgIpc) is 2.36. The first kappa shape index (κ1) is 13.5. The highest BCUT2D eigenvalue weighted by atomic mass is 16.5. The summed E-state index contributed by atoms with van der Waals surface area (Å²) < 4.78 is 5.63. The van der Waals surface area contributed by atoms with Crippen molar-refractivity contribution >= 4 is 5.82 Å². The topological polar surface area (TPSA) is 47.0 Å². The fourth-order valence-electron chi connectivity index (χ4n) is 1.47. The van der Waals surface area contributed by atoms with Gasteiger partial charge in [0, 0.05) is 6.54 Å². The van der Waals surface area contributed by atoms with Crippen LogP contribution in [-0.4, -0.2) is 23.1 Å². The predicted molar refractivity (Wildman–Crippen MR) is 70.5 cm³/mol. The molecule has 0 saturated heterocycles. The summed E-state index contributed by atoms with van der Waals surface area (Å²) in [6.45, 7) is 9.40. The fourth-order valence-corrected chi connectivity index (χ4v) is 1.47. The van der Waals surface area contributed by atoms with Gasteiger partial charge in [0.1, 0.15) is 12.1 Å². The number of aromatic nitrogens is 2. The summed E-state index contributed by atoms with van der Waals surface area (Å²) in [5.41, 5.74) is 1.05. The van der Waals surface area contributed by atoms with Gasteiger partial charge in [-0.15, -0.1) is 6.58 Å². The predicted octanol–water partition coefficient (Wildman–Crippen LogP) is 2.82. The van der Waals surface area contributed by atoms with Gasteiger partial charge in [0.25, 0.3) is 0 Å². The van der Waals surface area contributed by atoms with Crippen LogP contribution in [0.15, 0.2) is 19.0 Å². The van der Waals surface area contributed by atoms with E-state index in [9.17, 15) is 0 Å². The molecule has 1 aromatic rings. The second-order valence-corrected chi connectivity index (χ2v) is 3.71. The molecule has 0 atom stereocenters. The molecule has 0 aliphatic heterocycles. The van der Waals surface area contributed by atoms with E-state index in [0.717, 1.165) is 37.2 Å². The Bertz CT molecular complexity index is 353. The zero-order valence-corrected chi connectivity index (χ0v) is 10.7. The summed E-state index contributed by atoms with van der Waals surface area (Å²) in [6, 6.07) is 0. The minimum atomic E-state index is 0.612. The van der Waals surface area contributed by atoms with Crippen molar-refractivity contribution in [2.24, 2.45) is 0 Å². The van der Waals surface area contributed by atoms with Gasteiger partial charge in [-0.2, -0.15) is 0 Å². The highest BCUT2D eigenvalue weighted by Gasteiger charge is 2.09. The Morgan fingerprint density at radius 2 is 2.24 bits per heavy atom. The lowest BCUT2D eigenvalue weighted by Gasteiger charge is -2.12. The van der Waals surface area contributed by atoms with Gasteiger partial charge in [-0.3, -0.25) is 0 Å². The van der Waals surface area contributed by atoms with Crippen LogP contribution in [-0.2, 0) is 6.42 Å². The van der Waals surface area contributed by atoms with Gasteiger partial charge >= 0.3 is 0 Å². The lowest BCUT2D eigenvalue weighted by atomic mass is 10.2. The second-order valence-electron chi connectivity index (χ2n) is 3.71. The number of ether oxygens (including phenoxy) is 1. The molecule has 4 nitrogen and oxygen atoms in total. The molecule has 0 radical (unpaired) electrons. The Hall–Kier alpha value is -1.58. The van der Waals surface area contributed by atoms with Gasteiger partial charge < -0.3 is 10.1 Å². The molecule has 0 aromatic carbocycles. The first-order valence-electron chi connectivity index (χ1n) is 6.14. The van der Waals surface area contributed by atoms with Crippen LogP contribution in [0.5, 0.6) is 5.88 Å². The van der Waals surface area contributed by atoms with E-state index in [0.29, 0.717) is 12.5 Å². The Morgan fingerprint density at radius 1 is 1.41 bits per heavy atom. The molecule has 1 rings (SSSR count). The Labute approximate surface area is 103 Å². The van der Waals surface area contributed by atoms with E-state index in [1.165, 1.54) is 0 Å². The standard InChI is InChI=1S/C13H21N3O/c1-4-7-9-17-13-11(6-3)12(14-8-5-2)15-10-16-13/h4,10H,1,5-9H2,2-3H3,(H,14,15,16). The SMILES string of the molecule is C=CCCOc1ncnc(NCCC)c1CC. The Morgan fingerprint density at radius 3 is 2.88 bits per heavy atom. The molecule has 1 N–H and O–H groups in total. The van der Waals surface area contributed by atoms with Gasteiger partial charge in [-0.25, -0.2) is 9.97 Å². The van der Waals surface area contributed by atoms with Gasteiger partial charge in [0.15, 0.2) is 0 Å². The van der Waals surface area contributed by atoms with Crippen molar-refractivity contribution in [3.05, 3.63) is 24.5 Å². The summed E-state index contributed by atoms with van der Waals surface area (Å²) >= 11 is 0. The second kappa shape index (κ2) is 7.65. The summed E-state index contributed by atoms with van der Waals surface area (Å²) in [6.07, 6.45) is 6.13. The van der Waals surface area contributed by atoms with Crippen LogP contribution in [0.4, 0.5) is 5.82 Å². The van der Waals surface area contributed by atoms with E-state index >= 15 is 0 Å². The number of rotatable bonds is 8. The summed E-state index contributed by atoms with van der Waals surface area (Å²) in [7, 11) is 0. The third-order valence-corrected chi connectivity index (χ3v) is 2.36.